The molecule has 0 radical (unpaired) electrons. The largest absolute Gasteiger partial charge is 0.480 e. The summed E-state index contributed by atoms with van der Waals surface area (Å²) < 4.78 is 5.54. The second kappa shape index (κ2) is 5.85. The highest BCUT2D eigenvalue weighted by Gasteiger charge is 2.15. The van der Waals surface area contributed by atoms with Gasteiger partial charge in [0.2, 0.25) is 0 Å². The van der Waals surface area contributed by atoms with Crippen molar-refractivity contribution in [3.8, 4) is 5.75 Å². The summed E-state index contributed by atoms with van der Waals surface area (Å²) in [5.74, 6) is 0.224. The van der Waals surface area contributed by atoms with E-state index >= 15 is 0 Å². The van der Waals surface area contributed by atoms with E-state index in [1.54, 1.807) is 20.2 Å². The van der Waals surface area contributed by atoms with Crippen LogP contribution < -0.4 is 4.74 Å². The number of pyridine rings is 1. The zero-order valence-corrected chi connectivity index (χ0v) is 12.9. The number of carbonyl (C=O) groups is 1. The lowest BCUT2D eigenvalue weighted by Gasteiger charge is -2.14. The predicted molar refractivity (Wildman–Crippen MR) is 80.7 cm³/mol. The number of benzene rings is 1. The number of hydrogen-bond acceptors (Lipinski definition) is 3. The summed E-state index contributed by atoms with van der Waals surface area (Å²) in [6, 6.07) is 5.31. The van der Waals surface area contributed by atoms with Gasteiger partial charge in [-0.1, -0.05) is 23.2 Å². The molecule has 0 fully saturated rings. The summed E-state index contributed by atoms with van der Waals surface area (Å²) in [7, 11) is 3.32. The molecule has 6 heteroatoms. The Bertz CT molecular complexity index is 672. The number of aryl methyl sites for hydroxylation is 1. The summed E-state index contributed by atoms with van der Waals surface area (Å²) in [5.41, 5.74) is 1.38. The van der Waals surface area contributed by atoms with Crippen molar-refractivity contribution in [2.45, 2.75) is 6.92 Å². The van der Waals surface area contributed by atoms with E-state index in [9.17, 15) is 4.79 Å². The number of rotatable bonds is 3. The van der Waals surface area contributed by atoms with Gasteiger partial charge in [0, 0.05) is 25.2 Å². The summed E-state index contributed by atoms with van der Waals surface area (Å²) in [6.45, 7) is 1.77. The third-order valence-electron chi connectivity index (χ3n) is 2.82. The van der Waals surface area contributed by atoms with E-state index in [4.69, 9.17) is 27.9 Å². The number of hydrogen-bond donors (Lipinski definition) is 0. The molecule has 106 valence electrons. The number of likely N-dealkylation sites (N-methyl/N-ethyl adjacent to an activating group) is 1. The Morgan fingerprint density at radius 3 is 2.65 bits per heavy atom. The maximum Gasteiger partial charge on any atom is 0.259 e. The van der Waals surface area contributed by atoms with Crippen LogP contribution in [0.4, 0.5) is 0 Å². The van der Waals surface area contributed by atoms with Crippen LogP contribution in [-0.4, -0.2) is 36.5 Å². The van der Waals surface area contributed by atoms with Gasteiger partial charge in [-0.15, -0.1) is 0 Å². The maximum atomic E-state index is 11.6. The van der Waals surface area contributed by atoms with Crippen LogP contribution in [0, 0.1) is 6.92 Å². The molecule has 1 heterocycles. The first-order chi connectivity index (χ1) is 9.40. The predicted octanol–water partition coefficient (Wildman–Crippen LogP) is 3.32. The van der Waals surface area contributed by atoms with E-state index in [0.717, 1.165) is 11.1 Å². The first-order valence-electron chi connectivity index (χ1n) is 5.98. The lowest BCUT2D eigenvalue weighted by atomic mass is 10.2. The molecule has 1 aromatic carbocycles. The van der Waals surface area contributed by atoms with E-state index in [2.05, 4.69) is 4.98 Å². The number of amides is 1. The third-order valence-corrected chi connectivity index (χ3v) is 3.41. The van der Waals surface area contributed by atoms with Crippen LogP contribution >= 0.6 is 23.2 Å². The second-order valence-electron chi connectivity index (χ2n) is 4.59. The Labute approximate surface area is 127 Å². The lowest BCUT2D eigenvalue weighted by Crippen LogP contribution is -2.27. The maximum absolute atomic E-state index is 11.6. The number of aromatic nitrogens is 1. The van der Waals surface area contributed by atoms with Crippen molar-refractivity contribution in [2.24, 2.45) is 0 Å². The molecule has 2 rings (SSSR count). The molecule has 1 amide bonds. The van der Waals surface area contributed by atoms with Gasteiger partial charge >= 0.3 is 0 Å². The first kappa shape index (κ1) is 14.9. The topological polar surface area (TPSA) is 42.4 Å². The van der Waals surface area contributed by atoms with Crippen LogP contribution in [0.3, 0.4) is 0 Å². The van der Waals surface area contributed by atoms with Crippen LogP contribution in [-0.2, 0) is 4.79 Å². The van der Waals surface area contributed by atoms with Crippen molar-refractivity contribution in [3.63, 3.8) is 0 Å². The van der Waals surface area contributed by atoms with Gasteiger partial charge in [0.05, 0.1) is 10.0 Å². The van der Waals surface area contributed by atoms with Gasteiger partial charge in [0.25, 0.3) is 5.91 Å². The smallest absolute Gasteiger partial charge is 0.259 e. The molecule has 0 spiro atoms. The molecule has 0 bridgehead atoms. The zero-order chi connectivity index (χ0) is 14.9. The van der Waals surface area contributed by atoms with Crippen molar-refractivity contribution in [2.75, 3.05) is 20.7 Å². The molecule has 0 aliphatic carbocycles. The second-order valence-corrected chi connectivity index (χ2v) is 5.41. The van der Waals surface area contributed by atoms with E-state index in [1.807, 2.05) is 19.1 Å². The van der Waals surface area contributed by atoms with Crippen LogP contribution in [0.5, 0.6) is 5.75 Å². The summed E-state index contributed by atoms with van der Waals surface area (Å²) in [5, 5.41) is 1.59. The molecule has 0 atom stereocenters. The number of nitrogens with zero attached hydrogens (tertiary/aromatic N) is 2. The standard InChI is InChI=1S/C14H14Cl2N2O2/c1-8-4-5-9-10(15)6-11(16)14(13(9)17-8)20-7-12(19)18(2)3/h4-6H,7H2,1-3H3. The van der Waals surface area contributed by atoms with Crippen molar-refractivity contribution in [1.82, 2.24) is 9.88 Å². The highest BCUT2D eigenvalue weighted by Crippen LogP contribution is 2.37. The summed E-state index contributed by atoms with van der Waals surface area (Å²) in [6.07, 6.45) is 0. The van der Waals surface area contributed by atoms with Crippen LogP contribution in [0.1, 0.15) is 5.69 Å². The van der Waals surface area contributed by atoms with E-state index in [-0.39, 0.29) is 12.5 Å². The fourth-order valence-corrected chi connectivity index (χ4v) is 2.26. The Morgan fingerprint density at radius 1 is 1.30 bits per heavy atom. The zero-order valence-electron chi connectivity index (χ0n) is 11.4. The van der Waals surface area contributed by atoms with Crippen molar-refractivity contribution >= 4 is 40.0 Å². The number of halogens is 2. The van der Waals surface area contributed by atoms with Crippen molar-refractivity contribution in [1.29, 1.82) is 0 Å². The van der Waals surface area contributed by atoms with E-state index in [1.165, 1.54) is 4.90 Å². The van der Waals surface area contributed by atoms with E-state index < -0.39 is 0 Å². The van der Waals surface area contributed by atoms with Gasteiger partial charge in [-0.3, -0.25) is 4.79 Å². The molecular formula is C14H14Cl2N2O2. The number of carbonyl (C=O) groups excluding carboxylic acids is 1. The SMILES string of the molecule is Cc1ccc2c(Cl)cc(Cl)c(OCC(=O)N(C)C)c2n1. The molecule has 0 unspecified atom stereocenters. The van der Waals surface area contributed by atoms with Gasteiger partial charge in [0.1, 0.15) is 5.52 Å². The average Bonchev–Trinajstić information content (AvgIpc) is 2.37. The van der Waals surface area contributed by atoms with Gasteiger partial charge in [-0.25, -0.2) is 4.98 Å². The highest BCUT2D eigenvalue weighted by molar-refractivity contribution is 6.39. The molecule has 1 aromatic heterocycles. The average molecular weight is 313 g/mol. The number of fused-ring (bicyclic) bond motifs is 1. The van der Waals surface area contributed by atoms with Crippen LogP contribution in [0.15, 0.2) is 18.2 Å². The normalized spacial score (nSPS) is 10.7. The third kappa shape index (κ3) is 2.97. The van der Waals surface area contributed by atoms with Gasteiger partial charge in [0.15, 0.2) is 12.4 Å². The molecule has 2 aromatic rings. The minimum Gasteiger partial charge on any atom is -0.480 e. The lowest BCUT2D eigenvalue weighted by molar-refractivity contribution is -0.130. The van der Waals surface area contributed by atoms with Gasteiger partial charge < -0.3 is 9.64 Å². The van der Waals surface area contributed by atoms with Crippen LogP contribution in [0.25, 0.3) is 10.9 Å². The molecular weight excluding hydrogens is 299 g/mol. The monoisotopic (exact) mass is 312 g/mol. The minimum absolute atomic E-state index is 0.0981. The molecule has 0 saturated carbocycles. The fraction of sp³-hybridized carbons (Fsp3) is 0.286. The highest BCUT2D eigenvalue weighted by atomic mass is 35.5. The molecule has 20 heavy (non-hydrogen) atoms. The molecule has 0 aliphatic heterocycles. The quantitative estimate of drug-likeness (QED) is 0.873. The fourth-order valence-electron chi connectivity index (χ4n) is 1.69. The summed E-state index contributed by atoms with van der Waals surface area (Å²) in [4.78, 5) is 17.5. The molecule has 0 N–H and O–H groups in total. The first-order valence-corrected chi connectivity index (χ1v) is 6.74. The van der Waals surface area contributed by atoms with Gasteiger partial charge in [-0.05, 0) is 25.1 Å². The molecule has 0 saturated heterocycles. The number of ether oxygens (including phenoxy) is 1. The molecule has 4 nitrogen and oxygen atoms in total. The van der Waals surface area contributed by atoms with Crippen LogP contribution in [0.2, 0.25) is 10.0 Å². The Balaban J connectivity index is 2.46. The Hall–Kier alpha value is -1.52. The Morgan fingerprint density at radius 2 is 2.00 bits per heavy atom. The van der Waals surface area contributed by atoms with Crippen molar-refractivity contribution < 1.29 is 9.53 Å². The summed E-state index contributed by atoms with van der Waals surface area (Å²) >= 11 is 12.3. The Kier molecular flexibility index (Phi) is 4.35. The molecule has 0 aliphatic rings. The van der Waals surface area contributed by atoms with Crippen molar-refractivity contribution in [3.05, 3.63) is 33.9 Å². The van der Waals surface area contributed by atoms with Gasteiger partial charge in [-0.2, -0.15) is 0 Å². The minimum atomic E-state index is -0.156. The van der Waals surface area contributed by atoms with E-state index in [0.29, 0.717) is 21.3 Å².